The van der Waals surface area contributed by atoms with E-state index < -0.39 is 0 Å². The van der Waals surface area contributed by atoms with Crippen LogP contribution in [0.15, 0.2) is 11.7 Å². The van der Waals surface area contributed by atoms with Gasteiger partial charge in [0.15, 0.2) is 0 Å². The van der Waals surface area contributed by atoms with Gasteiger partial charge in [0.25, 0.3) is 0 Å². The van der Waals surface area contributed by atoms with Gasteiger partial charge in [-0.2, -0.15) is 0 Å². The van der Waals surface area contributed by atoms with Gasteiger partial charge in [0.1, 0.15) is 0 Å². The van der Waals surface area contributed by atoms with Crippen molar-refractivity contribution in [3.05, 3.63) is 16.6 Å². The number of nitrogens with one attached hydrogen (secondary N) is 1. The first-order valence-corrected chi connectivity index (χ1v) is 6.38. The standard InChI is InChI=1S/C11H20N2S/c1-3-5-6-7-10(13-4-2)11-8-12-9-14-11/h8-10,13H,3-7H2,1-2H3. The molecule has 0 aliphatic carbocycles. The zero-order valence-corrected chi connectivity index (χ0v) is 9.94. The maximum Gasteiger partial charge on any atom is 0.0794 e. The second-order valence-electron chi connectivity index (χ2n) is 3.51. The SMILES string of the molecule is CCCCCC(NCC)c1cncs1. The lowest BCUT2D eigenvalue weighted by molar-refractivity contribution is 0.492. The molecule has 1 atom stereocenters. The van der Waals surface area contributed by atoms with E-state index in [-0.39, 0.29) is 0 Å². The topological polar surface area (TPSA) is 24.9 Å². The molecule has 1 heterocycles. The maximum atomic E-state index is 4.13. The van der Waals surface area contributed by atoms with Gasteiger partial charge in [-0.05, 0) is 13.0 Å². The summed E-state index contributed by atoms with van der Waals surface area (Å²) in [5, 5.41) is 3.51. The predicted molar refractivity (Wildman–Crippen MR) is 62.7 cm³/mol. The van der Waals surface area contributed by atoms with Gasteiger partial charge in [-0.25, -0.2) is 0 Å². The van der Waals surface area contributed by atoms with Gasteiger partial charge in [0, 0.05) is 17.1 Å². The molecule has 0 aromatic carbocycles. The van der Waals surface area contributed by atoms with Crippen LogP contribution < -0.4 is 5.32 Å². The van der Waals surface area contributed by atoms with Crippen molar-refractivity contribution in [2.75, 3.05) is 6.54 Å². The van der Waals surface area contributed by atoms with Crippen LogP contribution in [0.1, 0.15) is 50.4 Å². The largest absolute Gasteiger partial charge is 0.309 e. The molecule has 0 aliphatic heterocycles. The molecule has 1 unspecified atom stereocenters. The van der Waals surface area contributed by atoms with Crippen LogP contribution in [0.4, 0.5) is 0 Å². The molecule has 0 aliphatic rings. The minimum absolute atomic E-state index is 0.527. The summed E-state index contributed by atoms with van der Waals surface area (Å²) in [5.74, 6) is 0. The van der Waals surface area contributed by atoms with Gasteiger partial charge < -0.3 is 5.32 Å². The molecule has 1 aromatic rings. The van der Waals surface area contributed by atoms with E-state index in [9.17, 15) is 0 Å². The third-order valence-electron chi connectivity index (χ3n) is 2.34. The molecule has 0 saturated carbocycles. The molecule has 0 radical (unpaired) electrons. The quantitative estimate of drug-likeness (QED) is 0.701. The minimum Gasteiger partial charge on any atom is -0.309 e. The van der Waals surface area contributed by atoms with Gasteiger partial charge in [0.05, 0.1) is 5.51 Å². The summed E-state index contributed by atoms with van der Waals surface area (Å²) >= 11 is 1.76. The van der Waals surface area contributed by atoms with E-state index in [2.05, 4.69) is 24.1 Å². The Morgan fingerprint density at radius 1 is 1.43 bits per heavy atom. The van der Waals surface area contributed by atoms with Gasteiger partial charge in [-0.15, -0.1) is 11.3 Å². The Morgan fingerprint density at radius 3 is 2.86 bits per heavy atom. The van der Waals surface area contributed by atoms with Crippen molar-refractivity contribution in [1.29, 1.82) is 0 Å². The van der Waals surface area contributed by atoms with Crippen LogP contribution in [-0.4, -0.2) is 11.5 Å². The highest BCUT2D eigenvalue weighted by molar-refractivity contribution is 7.09. The third kappa shape index (κ3) is 3.76. The molecule has 0 spiro atoms. The van der Waals surface area contributed by atoms with Crippen LogP contribution in [0.3, 0.4) is 0 Å². The lowest BCUT2D eigenvalue weighted by Gasteiger charge is -2.15. The Labute approximate surface area is 90.8 Å². The van der Waals surface area contributed by atoms with Gasteiger partial charge in [0.2, 0.25) is 0 Å². The van der Waals surface area contributed by atoms with Crippen molar-refractivity contribution in [2.24, 2.45) is 0 Å². The fraction of sp³-hybridized carbons (Fsp3) is 0.727. The van der Waals surface area contributed by atoms with Crippen molar-refractivity contribution in [2.45, 2.75) is 45.6 Å². The van der Waals surface area contributed by atoms with Gasteiger partial charge >= 0.3 is 0 Å². The Kier molecular flexibility index (Phi) is 5.80. The highest BCUT2D eigenvalue weighted by Crippen LogP contribution is 2.22. The predicted octanol–water partition coefficient (Wildman–Crippen LogP) is 3.37. The van der Waals surface area contributed by atoms with E-state index in [0.29, 0.717) is 6.04 Å². The van der Waals surface area contributed by atoms with Crippen LogP contribution in [0, 0.1) is 0 Å². The summed E-state index contributed by atoms with van der Waals surface area (Å²) in [7, 11) is 0. The molecule has 1 aromatic heterocycles. The lowest BCUT2D eigenvalue weighted by Crippen LogP contribution is -2.19. The fourth-order valence-corrected chi connectivity index (χ4v) is 2.32. The molecule has 3 heteroatoms. The van der Waals surface area contributed by atoms with Crippen LogP contribution >= 0.6 is 11.3 Å². The van der Waals surface area contributed by atoms with E-state index in [1.165, 1.54) is 30.6 Å². The number of hydrogen-bond donors (Lipinski definition) is 1. The number of thiazole rings is 1. The Balaban J connectivity index is 2.39. The lowest BCUT2D eigenvalue weighted by atomic mass is 10.1. The number of aromatic nitrogens is 1. The fourth-order valence-electron chi connectivity index (χ4n) is 1.59. The van der Waals surface area contributed by atoms with E-state index in [1.54, 1.807) is 11.3 Å². The van der Waals surface area contributed by atoms with E-state index in [1.807, 2.05) is 11.7 Å². The van der Waals surface area contributed by atoms with Gasteiger partial charge in [-0.3, -0.25) is 4.98 Å². The second-order valence-corrected chi connectivity index (χ2v) is 4.43. The molecule has 0 saturated heterocycles. The molecular weight excluding hydrogens is 192 g/mol. The second kappa shape index (κ2) is 6.96. The molecule has 0 amide bonds. The van der Waals surface area contributed by atoms with E-state index in [4.69, 9.17) is 0 Å². The van der Waals surface area contributed by atoms with Crippen LogP contribution in [0.2, 0.25) is 0 Å². The summed E-state index contributed by atoms with van der Waals surface area (Å²) in [6.07, 6.45) is 7.17. The summed E-state index contributed by atoms with van der Waals surface area (Å²) in [6, 6.07) is 0.527. The average molecular weight is 212 g/mol. The number of unbranched alkanes of at least 4 members (excludes halogenated alkanes) is 2. The molecule has 0 fully saturated rings. The van der Waals surface area contributed by atoms with E-state index in [0.717, 1.165) is 6.54 Å². The number of hydrogen-bond acceptors (Lipinski definition) is 3. The molecule has 1 rings (SSSR count). The molecule has 1 N–H and O–H groups in total. The minimum atomic E-state index is 0.527. The molecular formula is C11H20N2S. The Morgan fingerprint density at radius 2 is 2.29 bits per heavy atom. The highest BCUT2D eigenvalue weighted by atomic mass is 32.1. The van der Waals surface area contributed by atoms with Gasteiger partial charge in [-0.1, -0.05) is 33.1 Å². The number of rotatable bonds is 7. The van der Waals surface area contributed by atoms with Crippen molar-refractivity contribution in [3.8, 4) is 0 Å². The summed E-state index contributed by atoms with van der Waals surface area (Å²) in [5.41, 5.74) is 1.92. The maximum absolute atomic E-state index is 4.13. The van der Waals surface area contributed by atoms with Crippen LogP contribution in [-0.2, 0) is 0 Å². The highest BCUT2D eigenvalue weighted by Gasteiger charge is 2.10. The third-order valence-corrected chi connectivity index (χ3v) is 3.23. The first-order chi connectivity index (χ1) is 6.88. The summed E-state index contributed by atoms with van der Waals surface area (Å²) in [6.45, 7) is 5.44. The van der Waals surface area contributed by atoms with Crippen molar-refractivity contribution >= 4 is 11.3 Å². The summed E-state index contributed by atoms with van der Waals surface area (Å²) in [4.78, 5) is 5.51. The molecule has 80 valence electrons. The normalized spacial score (nSPS) is 13.0. The van der Waals surface area contributed by atoms with Crippen molar-refractivity contribution in [3.63, 3.8) is 0 Å². The Bertz CT molecular complexity index is 221. The molecule has 0 bridgehead atoms. The first-order valence-electron chi connectivity index (χ1n) is 5.50. The summed E-state index contributed by atoms with van der Waals surface area (Å²) < 4.78 is 0. The van der Waals surface area contributed by atoms with Crippen molar-refractivity contribution in [1.82, 2.24) is 10.3 Å². The molecule has 2 nitrogen and oxygen atoms in total. The molecule has 14 heavy (non-hydrogen) atoms. The van der Waals surface area contributed by atoms with Crippen LogP contribution in [0.5, 0.6) is 0 Å². The zero-order chi connectivity index (χ0) is 10.2. The van der Waals surface area contributed by atoms with E-state index >= 15 is 0 Å². The van der Waals surface area contributed by atoms with Crippen LogP contribution in [0.25, 0.3) is 0 Å². The first kappa shape index (κ1) is 11.7. The Hall–Kier alpha value is -0.410. The zero-order valence-electron chi connectivity index (χ0n) is 9.12. The monoisotopic (exact) mass is 212 g/mol. The average Bonchev–Trinajstić information content (AvgIpc) is 2.70. The number of nitrogens with zero attached hydrogens (tertiary/aromatic N) is 1. The smallest absolute Gasteiger partial charge is 0.0794 e. The van der Waals surface area contributed by atoms with Crippen molar-refractivity contribution < 1.29 is 0 Å².